The number of nitrogens with zero attached hydrogens (tertiary/aromatic N) is 4. The first kappa shape index (κ1) is 47.5. The van der Waals surface area contributed by atoms with Crippen molar-refractivity contribution in [2.45, 2.75) is 32.1 Å². The van der Waals surface area contributed by atoms with E-state index in [2.05, 4.69) is 20.8 Å². The van der Waals surface area contributed by atoms with E-state index in [1.807, 2.05) is 12.1 Å². The van der Waals surface area contributed by atoms with E-state index in [-0.39, 0.29) is 106 Å². The lowest BCUT2D eigenvalue weighted by Crippen LogP contribution is -2.50. The van der Waals surface area contributed by atoms with E-state index in [4.69, 9.17) is 30.5 Å². The lowest BCUT2D eigenvalue weighted by Gasteiger charge is -2.35. The van der Waals surface area contributed by atoms with Crippen LogP contribution in [0.15, 0.2) is 65.5 Å². The zero-order chi connectivity index (χ0) is 45.3. The number of H-pyrrole nitrogens is 1. The molecule has 5 amide bonds. The third-order valence-corrected chi connectivity index (χ3v) is 11.0. The molecule has 19 heteroatoms. The fourth-order valence-electron chi connectivity index (χ4n) is 7.40. The minimum atomic E-state index is -0.653. The maximum Gasteiger partial charge on any atom is 0.272 e. The summed E-state index contributed by atoms with van der Waals surface area (Å²) in [4.78, 5) is 79.8. The zero-order valence-corrected chi connectivity index (χ0v) is 36.3. The molecule has 3 heterocycles. The average Bonchev–Trinajstić information content (AvgIpc) is 3.32. The SMILES string of the molecule is O=C(CCC(=O)N1CCN(C(=O)c2cc(Cc3n[nH]c(=O)c4ccccc34)ccc2F)CC1)NCCOCCOCCOCCNC(=O)COc1ccc2c(c1)CCCN2C(=O)CCl. The van der Waals surface area contributed by atoms with Crippen molar-refractivity contribution in [3.63, 3.8) is 0 Å². The summed E-state index contributed by atoms with van der Waals surface area (Å²) in [5, 5.41) is 13.3. The van der Waals surface area contributed by atoms with E-state index >= 15 is 0 Å². The fourth-order valence-corrected chi connectivity index (χ4v) is 7.55. The Morgan fingerprint density at radius 3 is 2.14 bits per heavy atom. The number of amides is 5. The minimum absolute atomic E-state index is 0.00509. The molecule has 17 nitrogen and oxygen atoms in total. The number of aromatic nitrogens is 2. The molecule has 0 saturated carbocycles. The smallest absolute Gasteiger partial charge is 0.272 e. The van der Waals surface area contributed by atoms with Crippen LogP contribution in [0.5, 0.6) is 5.75 Å². The fraction of sp³-hybridized carbons (Fsp3) is 0.444. The second-order valence-electron chi connectivity index (χ2n) is 15.1. The summed E-state index contributed by atoms with van der Waals surface area (Å²) < 4.78 is 37.0. The number of fused-ring (bicyclic) bond motifs is 2. The number of benzene rings is 3. The molecule has 0 radical (unpaired) electrons. The molecular weight excluding hydrogens is 853 g/mol. The van der Waals surface area contributed by atoms with E-state index in [1.165, 1.54) is 17.0 Å². The number of alkyl halides is 1. The number of aryl methyl sites for hydroxylation is 1. The molecule has 1 fully saturated rings. The van der Waals surface area contributed by atoms with Crippen LogP contribution in [-0.4, -0.2) is 147 Å². The van der Waals surface area contributed by atoms with Crippen molar-refractivity contribution in [3.05, 3.63) is 99.2 Å². The summed E-state index contributed by atoms with van der Waals surface area (Å²) >= 11 is 5.74. The Morgan fingerprint density at radius 2 is 1.42 bits per heavy atom. The number of carbonyl (C=O) groups is 5. The van der Waals surface area contributed by atoms with Crippen LogP contribution in [0.1, 0.15) is 46.4 Å². The monoisotopic (exact) mass is 905 g/mol. The van der Waals surface area contributed by atoms with Crippen LogP contribution in [-0.2, 0) is 46.2 Å². The predicted molar refractivity (Wildman–Crippen MR) is 235 cm³/mol. The van der Waals surface area contributed by atoms with Crippen molar-refractivity contribution < 1.29 is 47.3 Å². The van der Waals surface area contributed by atoms with E-state index < -0.39 is 11.7 Å². The highest BCUT2D eigenvalue weighted by Crippen LogP contribution is 2.31. The third kappa shape index (κ3) is 13.5. The van der Waals surface area contributed by atoms with Gasteiger partial charge >= 0.3 is 0 Å². The van der Waals surface area contributed by atoms with Gasteiger partial charge in [0.15, 0.2) is 6.61 Å². The van der Waals surface area contributed by atoms with Crippen LogP contribution in [0, 0.1) is 5.82 Å². The normalized spacial score (nSPS) is 13.7. The largest absolute Gasteiger partial charge is 0.484 e. The average molecular weight is 906 g/mol. The Kier molecular flexibility index (Phi) is 18.0. The summed E-state index contributed by atoms with van der Waals surface area (Å²) in [6.07, 6.45) is 1.94. The standard InChI is InChI=1S/C45H53ClFN7O10/c46-29-43(58)54-15-3-4-32-28-33(8-10-39(32)54)64-30-41(56)49-14-21-62-23-25-63-24-22-61-20-13-48-40(55)11-12-42(57)52-16-18-53(19-17-52)45(60)36-26-31(7-9-37(36)47)27-38-34-5-1-2-6-35(34)44(59)51-50-38/h1-2,5-10,26,28H,3-4,11-25,27,29-30H2,(H,48,55)(H,49,56)(H,51,59). The van der Waals surface area contributed by atoms with Crippen molar-refractivity contribution in [2.24, 2.45) is 0 Å². The molecule has 0 aliphatic carbocycles. The molecule has 0 unspecified atom stereocenters. The van der Waals surface area contributed by atoms with Crippen LogP contribution >= 0.6 is 11.6 Å². The summed E-state index contributed by atoms with van der Waals surface area (Å²) in [7, 11) is 0. The molecule has 6 rings (SSSR count). The summed E-state index contributed by atoms with van der Waals surface area (Å²) in [6.45, 7) is 3.91. The maximum atomic E-state index is 14.9. The lowest BCUT2D eigenvalue weighted by atomic mass is 10.0. The highest BCUT2D eigenvalue weighted by molar-refractivity contribution is 6.29. The molecule has 0 atom stereocenters. The van der Waals surface area contributed by atoms with Gasteiger partial charge in [-0.25, -0.2) is 9.49 Å². The van der Waals surface area contributed by atoms with Crippen LogP contribution in [0.2, 0.25) is 0 Å². The molecule has 342 valence electrons. The molecule has 64 heavy (non-hydrogen) atoms. The minimum Gasteiger partial charge on any atom is -0.484 e. The number of nitrogens with one attached hydrogen (secondary N) is 3. The van der Waals surface area contributed by atoms with Gasteiger partial charge in [-0.1, -0.05) is 24.3 Å². The topological polar surface area (TPSA) is 202 Å². The first-order chi connectivity index (χ1) is 31.1. The van der Waals surface area contributed by atoms with E-state index in [0.717, 1.165) is 24.1 Å². The van der Waals surface area contributed by atoms with Crippen molar-refractivity contribution in [3.8, 4) is 5.75 Å². The van der Waals surface area contributed by atoms with Gasteiger partial charge in [0.2, 0.25) is 17.7 Å². The second-order valence-corrected chi connectivity index (χ2v) is 15.4. The first-order valence-corrected chi connectivity index (χ1v) is 21.8. The van der Waals surface area contributed by atoms with Gasteiger partial charge in [0.05, 0.1) is 56.3 Å². The second kappa shape index (κ2) is 24.2. The zero-order valence-electron chi connectivity index (χ0n) is 35.5. The number of carbonyl (C=O) groups excluding carboxylic acids is 5. The van der Waals surface area contributed by atoms with Crippen LogP contribution in [0.3, 0.4) is 0 Å². The predicted octanol–water partition coefficient (Wildman–Crippen LogP) is 2.60. The van der Waals surface area contributed by atoms with Gasteiger partial charge in [-0.15, -0.1) is 11.6 Å². The first-order valence-electron chi connectivity index (χ1n) is 21.3. The lowest BCUT2D eigenvalue weighted by molar-refractivity contribution is -0.134. The van der Waals surface area contributed by atoms with Crippen molar-refractivity contribution >= 4 is 57.6 Å². The van der Waals surface area contributed by atoms with E-state index in [0.29, 0.717) is 73.9 Å². The number of piperazine rings is 1. The summed E-state index contributed by atoms with van der Waals surface area (Å²) in [5.74, 6) is -1.57. The Bertz CT molecular complexity index is 2320. The highest BCUT2D eigenvalue weighted by atomic mass is 35.5. The molecule has 1 aromatic heterocycles. The number of hydrogen-bond donors (Lipinski definition) is 3. The number of halogens is 2. The van der Waals surface area contributed by atoms with Gasteiger partial charge in [-0.3, -0.25) is 28.8 Å². The number of aromatic amines is 1. The van der Waals surface area contributed by atoms with Crippen molar-refractivity contribution in [1.82, 2.24) is 30.6 Å². The quantitative estimate of drug-likeness (QED) is 0.0774. The Morgan fingerprint density at radius 1 is 0.750 bits per heavy atom. The van der Waals surface area contributed by atoms with Gasteiger partial charge in [-0.05, 0) is 60.4 Å². The number of anilines is 1. The van der Waals surface area contributed by atoms with Crippen LogP contribution < -0.4 is 25.8 Å². The highest BCUT2D eigenvalue weighted by Gasteiger charge is 2.27. The van der Waals surface area contributed by atoms with Crippen molar-refractivity contribution in [2.75, 3.05) is 103 Å². The summed E-state index contributed by atoms with van der Waals surface area (Å²) in [5.41, 5.74) is 2.67. The molecular formula is C45H53ClFN7O10. The van der Waals surface area contributed by atoms with E-state index in [1.54, 1.807) is 46.2 Å². The Labute approximate surface area is 374 Å². The van der Waals surface area contributed by atoms with Gasteiger partial charge in [0.1, 0.15) is 17.4 Å². The van der Waals surface area contributed by atoms with Crippen LogP contribution in [0.25, 0.3) is 10.8 Å². The number of hydrogen-bond acceptors (Lipinski definition) is 11. The van der Waals surface area contributed by atoms with Gasteiger partial charge in [0.25, 0.3) is 17.4 Å². The number of rotatable bonds is 22. The summed E-state index contributed by atoms with van der Waals surface area (Å²) in [6, 6.07) is 16.8. The molecule has 1 saturated heterocycles. The van der Waals surface area contributed by atoms with Gasteiger partial charge in [0, 0.05) is 76.1 Å². The molecule has 3 aromatic carbocycles. The van der Waals surface area contributed by atoms with Gasteiger partial charge in [-0.2, -0.15) is 5.10 Å². The molecule has 2 aliphatic heterocycles. The van der Waals surface area contributed by atoms with Crippen LogP contribution in [0.4, 0.5) is 10.1 Å². The molecule has 3 N–H and O–H groups in total. The molecule has 2 aliphatic rings. The van der Waals surface area contributed by atoms with E-state index in [9.17, 15) is 33.2 Å². The molecule has 0 bridgehead atoms. The molecule has 0 spiro atoms. The van der Waals surface area contributed by atoms with Gasteiger partial charge < -0.3 is 44.3 Å². The number of ether oxygens (including phenoxy) is 4. The molecule has 4 aromatic rings. The Hall–Kier alpha value is -5.95. The van der Waals surface area contributed by atoms with Crippen molar-refractivity contribution in [1.29, 1.82) is 0 Å². The third-order valence-electron chi connectivity index (χ3n) is 10.7. The Balaban J connectivity index is 0.752. The maximum absolute atomic E-state index is 14.9.